The van der Waals surface area contributed by atoms with Crippen LogP contribution in [0.3, 0.4) is 0 Å². The first-order valence-electron chi connectivity index (χ1n) is 16.0. The van der Waals surface area contributed by atoms with Crippen LogP contribution in [0.1, 0.15) is 38.5 Å². The summed E-state index contributed by atoms with van der Waals surface area (Å²) in [6.45, 7) is 0.632. The van der Waals surface area contributed by atoms with Gasteiger partial charge in [0.25, 0.3) is 0 Å². The Balaban J connectivity index is 1.64. The van der Waals surface area contributed by atoms with E-state index in [-0.39, 0.29) is 108 Å². The first-order valence-corrected chi connectivity index (χ1v) is 16.0. The van der Waals surface area contributed by atoms with Crippen molar-refractivity contribution in [3.63, 3.8) is 0 Å². The summed E-state index contributed by atoms with van der Waals surface area (Å²) in [7, 11) is 3.93. The Bertz CT molecular complexity index is 1610. The molecule has 0 atom stereocenters. The van der Waals surface area contributed by atoms with Gasteiger partial charge in [-0.2, -0.15) is 0 Å². The van der Waals surface area contributed by atoms with Gasteiger partial charge in [0, 0.05) is 37.5 Å². The molecule has 1 aromatic heterocycles. The number of aromatic hydroxyl groups is 3. The van der Waals surface area contributed by atoms with Crippen molar-refractivity contribution in [3.8, 4) is 68.7 Å². The monoisotopic (exact) mass is 705 g/mol. The van der Waals surface area contributed by atoms with Crippen molar-refractivity contribution in [2.75, 3.05) is 41.2 Å². The van der Waals surface area contributed by atoms with Gasteiger partial charge in [-0.1, -0.05) is 0 Å². The Hall–Kier alpha value is -6.12. The van der Waals surface area contributed by atoms with E-state index in [0.29, 0.717) is 36.5 Å². The minimum absolute atomic E-state index is 0.0230. The van der Waals surface area contributed by atoms with Crippen LogP contribution in [-0.2, 0) is 28.6 Å². The van der Waals surface area contributed by atoms with Crippen LogP contribution in [0.5, 0.6) is 34.5 Å². The highest BCUT2D eigenvalue weighted by molar-refractivity contribution is 5.75. The number of benzene rings is 3. The summed E-state index contributed by atoms with van der Waals surface area (Å²) < 4.78 is 30.9. The van der Waals surface area contributed by atoms with E-state index in [1.165, 1.54) is 39.5 Å². The van der Waals surface area contributed by atoms with Gasteiger partial charge in [0.1, 0.15) is 34.5 Å². The number of aromatic nitrogens is 3. The fraction of sp³-hybridized carbons (Fsp3) is 0.333. The van der Waals surface area contributed by atoms with Gasteiger partial charge in [-0.15, -0.1) is 0 Å². The number of hydrogen-bond donors (Lipinski definition) is 3. The van der Waals surface area contributed by atoms with Crippen LogP contribution in [-0.4, -0.2) is 89.3 Å². The third kappa shape index (κ3) is 10.9. The molecule has 0 bridgehead atoms. The minimum Gasteiger partial charge on any atom is -0.507 e. The normalized spacial score (nSPS) is 10.6. The van der Waals surface area contributed by atoms with E-state index in [9.17, 15) is 29.7 Å². The summed E-state index contributed by atoms with van der Waals surface area (Å²) in [5, 5.41) is 33.0. The molecule has 0 aliphatic rings. The third-order valence-electron chi connectivity index (χ3n) is 7.33. The average Bonchev–Trinajstić information content (AvgIpc) is 3.13. The van der Waals surface area contributed by atoms with Gasteiger partial charge < -0.3 is 43.7 Å². The van der Waals surface area contributed by atoms with Crippen LogP contribution < -0.4 is 14.2 Å². The van der Waals surface area contributed by atoms with Gasteiger partial charge >= 0.3 is 17.9 Å². The van der Waals surface area contributed by atoms with Gasteiger partial charge in [-0.05, 0) is 55.7 Å². The minimum atomic E-state index is -0.356. The highest BCUT2D eigenvalue weighted by Gasteiger charge is 2.19. The van der Waals surface area contributed by atoms with Crippen LogP contribution >= 0.6 is 0 Å². The Morgan fingerprint density at radius 2 is 0.765 bits per heavy atom. The zero-order valence-electron chi connectivity index (χ0n) is 28.4. The van der Waals surface area contributed by atoms with Crippen LogP contribution in [0.2, 0.25) is 0 Å². The third-order valence-corrected chi connectivity index (χ3v) is 7.33. The zero-order valence-corrected chi connectivity index (χ0v) is 28.4. The van der Waals surface area contributed by atoms with Crippen molar-refractivity contribution in [2.45, 2.75) is 38.5 Å². The quantitative estimate of drug-likeness (QED) is 0.0709. The van der Waals surface area contributed by atoms with E-state index >= 15 is 0 Å². The Morgan fingerprint density at radius 3 is 1.00 bits per heavy atom. The Labute approximate surface area is 293 Å². The predicted molar refractivity (Wildman–Crippen MR) is 181 cm³/mol. The van der Waals surface area contributed by atoms with Crippen LogP contribution in [0.25, 0.3) is 34.2 Å². The van der Waals surface area contributed by atoms with Gasteiger partial charge in [0.2, 0.25) is 0 Å². The lowest BCUT2D eigenvalue weighted by Crippen LogP contribution is -2.05. The molecule has 270 valence electrons. The highest BCUT2D eigenvalue weighted by Crippen LogP contribution is 2.37. The lowest BCUT2D eigenvalue weighted by Gasteiger charge is -2.13. The number of phenols is 3. The summed E-state index contributed by atoms with van der Waals surface area (Å²) in [5.41, 5.74) is 0.616. The number of nitrogens with zero attached hydrogens (tertiary/aromatic N) is 3. The molecule has 0 radical (unpaired) electrons. The standard InChI is InChI=1S/C36H39N3O12/c1-46-31(43)7-4-16-49-22-10-13-25(28(40)19-22)34-37-35(26-14-11-23(20-29(26)41)50-17-5-8-32(44)47-2)39-36(38-34)27-15-12-24(21-30(27)42)51-18-6-9-33(45)48-3/h10-15,19-21,40-42H,4-9,16-18H2,1-3H3. The molecular formula is C36H39N3O12. The van der Waals surface area contributed by atoms with Crippen molar-refractivity contribution in [2.24, 2.45) is 0 Å². The summed E-state index contributed by atoms with van der Waals surface area (Å²) >= 11 is 0. The largest absolute Gasteiger partial charge is 0.507 e. The first kappa shape index (κ1) is 37.7. The molecule has 4 rings (SSSR count). The van der Waals surface area contributed by atoms with Crippen molar-refractivity contribution < 1.29 is 58.1 Å². The van der Waals surface area contributed by atoms with E-state index in [1.807, 2.05) is 0 Å². The molecule has 15 nitrogen and oxygen atoms in total. The molecule has 1 heterocycles. The fourth-order valence-electron chi connectivity index (χ4n) is 4.63. The highest BCUT2D eigenvalue weighted by atomic mass is 16.5. The lowest BCUT2D eigenvalue weighted by atomic mass is 10.1. The summed E-state index contributed by atoms with van der Waals surface area (Å²) in [6.07, 6.45) is 1.79. The number of methoxy groups -OCH3 is 3. The SMILES string of the molecule is COC(=O)CCCOc1ccc(-c2nc(-c3ccc(OCCCC(=O)OC)cc3O)nc(-c3ccc(OCCCC(=O)OC)cc3O)n2)c(O)c1. The van der Waals surface area contributed by atoms with Crippen LogP contribution in [0, 0.1) is 0 Å². The van der Waals surface area contributed by atoms with E-state index < -0.39 is 0 Å². The molecule has 0 saturated carbocycles. The molecule has 3 N–H and O–H groups in total. The molecular weight excluding hydrogens is 666 g/mol. The molecule has 0 unspecified atom stereocenters. The van der Waals surface area contributed by atoms with E-state index in [1.54, 1.807) is 36.4 Å². The summed E-state index contributed by atoms with van der Waals surface area (Å²) in [5.74, 6) is -0.627. The molecule has 15 heteroatoms. The molecule has 3 aromatic carbocycles. The second kappa shape index (κ2) is 18.6. The van der Waals surface area contributed by atoms with E-state index in [2.05, 4.69) is 29.2 Å². The maximum atomic E-state index is 11.4. The summed E-state index contributed by atoms with van der Waals surface area (Å²) in [4.78, 5) is 47.7. The second-order valence-electron chi connectivity index (χ2n) is 10.9. The van der Waals surface area contributed by atoms with E-state index in [4.69, 9.17) is 14.2 Å². The zero-order chi connectivity index (χ0) is 36.8. The Morgan fingerprint density at radius 1 is 0.490 bits per heavy atom. The number of ether oxygens (including phenoxy) is 6. The van der Waals surface area contributed by atoms with Crippen molar-refractivity contribution in [1.82, 2.24) is 15.0 Å². The van der Waals surface area contributed by atoms with Gasteiger partial charge in [-0.25, -0.2) is 15.0 Å². The van der Waals surface area contributed by atoms with Gasteiger partial charge in [0.05, 0.1) is 57.8 Å². The second-order valence-corrected chi connectivity index (χ2v) is 10.9. The van der Waals surface area contributed by atoms with Crippen molar-refractivity contribution >= 4 is 17.9 Å². The summed E-state index contributed by atoms with van der Waals surface area (Å²) in [6, 6.07) is 13.6. The molecule has 0 amide bonds. The maximum absolute atomic E-state index is 11.4. The molecule has 0 aliphatic heterocycles. The lowest BCUT2D eigenvalue weighted by molar-refractivity contribution is -0.141. The predicted octanol–water partition coefficient (Wildman–Crippen LogP) is 4.99. The Kier molecular flexibility index (Phi) is 13.7. The van der Waals surface area contributed by atoms with Gasteiger partial charge in [0.15, 0.2) is 17.5 Å². The molecule has 0 aliphatic carbocycles. The molecule has 51 heavy (non-hydrogen) atoms. The molecule has 0 saturated heterocycles. The molecule has 0 fully saturated rings. The topological polar surface area (TPSA) is 206 Å². The fourth-order valence-corrected chi connectivity index (χ4v) is 4.63. The van der Waals surface area contributed by atoms with E-state index in [0.717, 1.165) is 0 Å². The van der Waals surface area contributed by atoms with Crippen LogP contribution in [0.4, 0.5) is 0 Å². The van der Waals surface area contributed by atoms with Crippen LogP contribution in [0.15, 0.2) is 54.6 Å². The maximum Gasteiger partial charge on any atom is 0.305 e. The number of carbonyl (C=O) groups is 3. The molecule has 0 spiro atoms. The van der Waals surface area contributed by atoms with Gasteiger partial charge in [-0.3, -0.25) is 14.4 Å². The number of rotatable bonds is 18. The average molecular weight is 706 g/mol. The smallest absolute Gasteiger partial charge is 0.305 e. The van der Waals surface area contributed by atoms with Crippen molar-refractivity contribution in [1.29, 1.82) is 0 Å². The van der Waals surface area contributed by atoms with Crippen molar-refractivity contribution in [3.05, 3.63) is 54.6 Å². The number of esters is 3. The molecule has 4 aromatic rings. The first-order chi connectivity index (χ1) is 24.6. The number of hydrogen-bond acceptors (Lipinski definition) is 15. The number of carbonyl (C=O) groups excluding carboxylic acids is 3. The number of phenolic OH excluding ortho intramolecular Hbond substituents is 3.